The molecule has 3 nitrogen and oxygen atoms in total. The van der Waals surface area contributed by atoms with Crippen molar-refractivity contribution in [3.05, 3.63) is 241 Å². The van der Waals surface area contributed by atoms with Gasteiger partial charge in [0.05, 0.1) is 5.69 Å². The maximum Gasteiger partial charge on any atom is 0.137 e. The number of benzene rings is 11. The maximum atomic E-state index is 7.07. The van der Waals surface area contributed by atoms with Gasteiger partial charge in [-0.3, -0.25) is 0 Å². The minimum atomic E-state index is -0.130. The van der Waals surface area contributed by atoms with Crippen LogP contribution in [0.1, 0.15) is 49.9 Å². The number of fused-ring (bicyclic) bond motifs is 12. The van der Waals surface area contributed by atoms with Gasteiger partial charge in [0.25, 0.3) is 0 Å². The Morgan fingerprint density at radius 3 is 1.41 bits per heavy atom. The van der Waals surface area contributed by atoms with E-state index >= 15 is 0 Å². The molecule has 0 aromatic heterocycles. The van der Waals surface area contributed by atoms with Gasteiger partial charge in [0, 0.05) is 61.7 Å². The van der Waals surface area contributed by atoms with Gasteiger partial charge in [0.15, 0.2) is 0 Å². The highest BCUT2D eigenvalue weighted by Crippen LogP contribution is 2.56. The van der Waals surface area contributed by atoms with E-state index in [1.807, 2.05) is 0 Å². The Bertz CT molecular complexity index is 3940. The minimum absolute atomic E-state index is 0.120. The summed E-state index contributed by atoms with van der Waals surface area (Å²) in [6, 6.07) is 80.5. The molecule has 69 heavy (non-hydrogen) atoms. The first-order chi connectivity index (χ1) is 33.7. The Morgan fingerprint density at radius 2 is 0.768 bits per heavy atom. The number of para-hydroxylation sites is 2. The summed E-state index contributed by atoms with van der Waals surface area (Å²) in [5.41, 5.74) is 19.4. The van der Waals surface area contributed by atoms with Crippen LogP contribution in [0.2, 0.25) is 0 Å². The Kier molecular flexibility index (Phi) is 8.38. The molecule has 0 N–H and O–H groups in total. The molecule has 11 aromatic carbocycles. The van der Waals surface area contributed by atoms with Gasteiger partial charge in [-0.15, -0.1) is 0 Å². The van der Waals surface area contributed by atoms with E-state index in [9.17, 15) is 0 Å². The fourth-order valence-electron chi connectivity index (χ4n) is 12.3. The lowest BCUT2D eigenvalue weighted by molar-refractivity contribution is 0.487. The minimum Gasteiger partial charge on any atom is -0.456 e. The van der Waals surface area contributed by atoms with Gasteiger partial charge < -0.3 is 14.5 Å². The summed E-state index contributed by atoms with van der Waals surface area (Å²) >= 11 is 0. The van der Waals surface area contributed by atoms with Crippen molar-refractivity contribution >= 4 is 66.4 Å². The lowest BCUT2D eigenvalue weighted by Gasteiger charge is -2.30. The Balaban J connectivity index is 0.936. The van der Waals surface area contributed by atoms with Gasteiger partial charge in [-0.1, -0.05) is 161 Å². The predicted octanol–water partition coefficient (Wildman–Crippen LogP) is 18.5. The van der Waals surface area contributed by atoms with Crippen LogP contribution in [0.3, 0.4) is 0 Å². The fourth-order valence-corrected chi connectivity index (χ4v) is 12.3. The molecule has 0 radical (unpaired) electrons. The first-order valence-corrected chi connectivity index (χ1v) is 24.2. The van der Waals surface area contributed by atoms with E-state index in [4.69, 9.17) is 4.74 Å². The van der Waals surface area contributed by atoms with Crippen LogP contribution in [0.15, 0.2) is 218 Å². The molecule has 1 aliphatic heterocycles. The Hall–Kier alpha value is -8.40. The average molecular weight is 885 g/mol. The van der Waals surface area contributed by atoms with E-state index in [0.29, 0.717) is 0 Å². The molecular formula is C66H48N2O. The van der Waals surface area contributed by atoms with Crippen molar-refractivity contribution in [1.82, 2.24) is 0 Å². The molecule has 0 saturated heterocycles. The van der Waals surface area contributed by atoms with Crippen LogP contribution in [0.5, 0.6) is 11.5 Å². The predicted molar refractivity (Wildman–Crippen MR) is 289 cm³/mol. The summed E-state index contributed by atoms with van der Waals surface area (Å²) < 4.78 is 7.07. The second kappa shape index (κ2) is 14.6. The van der Waals surface area contributed by atoms with Gasteiger partial charge in [-0.25, -0.2) is 0 Å². The maximum absolute atomic E-state index is 7.07. The van der Waals surface area contributed by atoms with Crippen molar-refractivity contribution in [2.75, 3.05) is 9.80 Å². The molecule has 0 amide bonds. The van der Waals surface area contributed by atoms with Gasteiger partial charge in [0.1, 0.15) is 11.5 Å². The number of ether oxygens (including phenoxy) is 1. The van der Waals surface area contributed by atoms with Gasteiger partial charge in [0.2, 0.25) is 0 Å². The third-order valence-electron chi connectivity index (χ3n) is 15.6. The summed E-state index contributed by atoms with van der Waals surface area (Å²) in [5.74, 6) is 1.71. The summed E-state index contributed by atoms with van der Waals surface area (Å²) in [4.78, 5) is 4.83. The van der Waals surface area contributed by atoms with Crippen LogP contribution >= 0.6 is 0 Å². The average Bonchev–Trinajstić information content (AvgIpc) is 3.76. The molecule has 328 valence electrons. The normalized spacial score (nSPS) is 14.1. The Morgan fingerprint density at radius 1 is 0.290 bits per heavy atom. The highest BCUT2D eigenvalue weighted by Gasteiger charge is 2.37. The van der Waals surface area contributed by atoms with E-state index in [0.717, 1.165) is 56.6 Å². The zero-order valence-electron chi connectivity index (χ0n) is 39.1. The van der Waals surface area contributed by atoms with Gasteiger partial charge in [-0.05, 0) is 150 Å². The number of rotatable bonds is 6. The number of nitrogens with zero attached hydrogens (tertiary/aromatic N) is 2. The van der Waals surface area contributed by atoms with Crippen LogP contribution in [0, 0.1) is 0 Å². The molecule has 0 saturated carbocycles. The second-order valence-electron chi connectivity index (χ2n) is 20.1. The number of anilines is 6. The van der Waals surface area contributed by atoms with Crippen LogP contribution < -0.4 is 14.5 Å². The van der Waals surface area contributed by atoms with E-state index in [1.54, 1.807) is 0 Å². The SMILES string of the molecule is CC1(C)c2ccccc2-c2ccc(N(c3ccccc3)c3ccc4c(c3)Oc3cccc5c3c-4cc3c4ccccc4c(N(c4ccccc4)c4ccc6c(c4)C(C)(C)c4ccccc4-6)cc53)cc21. The van der Waals surface area contributed by atoms with Gasteiger partial charge in [-0.2, -0.15) is 0 Å². The fraction of sp³-hybridized carbons (Fsp3) is 0.0909. The highest BCUT2D eigenvalue weighted by atomic mass is 16.5. The molecule has 2 aliphatic carbocycles. The lowest BCUT2D eigenvalue weighted by Crippen LogP contribution is -2.16. The molecule has 14 rings (SSSR count). The molecule has 11 aromatic rings. The van der Waals surface area contributed by atoms with Gasteiger partial charge >= 0.3 is 0 Å². The van der Waals surface area contributed by atoms with Crippen molar-refractivity contribution in [2.45, 2.75) is 38.5 Å². The van der Waals surface area contributed by atoms with Crippen molar-refractivity contribution in [3.8, 4) is 44.9 Å². The molecule has 0 atom stereocenters. The zero-order valence-corrected chi connectivity index (χ0v) is 39.1. The topological polar surface area (TPSA) is 15.7 Å². The van der Waals surface area contributed by atoms with Crippen molar-refractivity contribution in [2.24, 2.45) is 0 Å². The standard InChI is InChI=1S/C66H48N2O/c1-65(2)57-27-15-13-23-47(57)49-33-30-43(36-59(49)65)67(41-18-7-5-8-19-41)45-32-35-52-56-39-54-46-22-11-12-25-51(46)61(40-55(54)53-26-17-29-62(64(53)56)69-63(52)38-45)68(42-20-9-6-10-21-42)44-31-34-50-48-24-14-16-28-58(48)66(3,4)60(50)37-44/h5-40H,1-4H3. The van der Waals surface area contributed by atoms with Crippen LogP contribution in [-0.4, -0.2) is 0 Å². The highest BCUT2D eigenvalue weighted by molar-refractivity contribution is 6.25. The molecular weight excluding hydrogens is 837 g/mol. The van der Waals surface area contributed by atoms with E-state index < -0.39 is 0 Å². The molecule has 0 bridgehead atoms. The summed E-state index contributed by atoms with van der Waals surface area (Å²) in [5, 5.41) is 7.13. The summed E-state index contributed by atoms with van der Waals surface area (Å²) in [6.45, 7) is 9.42. The first-order valence-electron chi connectivity index (χ1n) is 24.2. The third kappa shape index (κ3) is 5.74. The summed E-state index contributed by atoms with van der Waals surface area (Å²) in [6.07, 6.45) is 0. The van der Waals surface area contributed by atoms with Crippen LogP contribution in [0.4, 0.5) is 34.1 Å². The number of hydrogen-bond donors (Lipinski definition) is 0. The number of hydrogen-bond acceptors (Lipinski definition) is 3. The van der Waals surface area contributed by atoms with Crippen molar-refractivity contribution in [1.29, 1.82) is 0 Å². The van der Waals surface area contributed by atoms with Crippen molar-refractivity contribution < 1.29 is 4.74 Å². The summed E-state index contributed by atoms with van der Waals surface area (Å²) in [7, 11) is 0. The molecule has 0 unspecified atom stereocenters. The smallest absolute Gasteiger partial charge is 0.137 e. The largest absolute Gasteiger partial charge is 0.456 e. The first kappa shape index (κ1) is 39.7. The molecule has 0 fully saturated rings. The van der Waals surface area contributed by atoms with E-state index in [2.05, 4.69) is 256 Å². The third-order valence-corrected chi connectivity index (χ3v) is 15.6. The lowest BCUT2D eigenvalue weighted by atomic mass is 9.82. The van der Waals surface area contributed by atoms with E-state index in [1.165, 1.54) is 77.0 Å². The second-order valence-corrected chi connectivity index (χ2v) is 20.1. The molecule has 3 heteroatoms. The molecule has 3 aliphatic rings. The zero-order chi connectivity index (χ0) is 46.2. The molecule has 1 heterocycles. The van der Waals surface area contributed by atoms with E-state index in [-0.39, 0.29) is 10.8 Å². The molecule has 0 spiro atoms. The monoisotopic (exact) mass is 884 g/mol. The Labute approximate surface area is 403 Å². The quantitative estimate of drug-likeness (QED) is 0.155. The van der Waals surface area contributed by atoms with Crippen molar-refractivity contribution in [3.63, 3.8) is 0 Å². The van der Waals surface area contributed by atoms with Crippen LogP contribution in [0.25, 0.3) is 65.7 Å². The van der Waals surface area contributed by atoms with Crippen LogP contribution in [-0.2, 0) is 10.8 Å².